The molecule has 7 nitrogen and oxygen atoms in total. The van der Waals surface area contributed by atoms with E-state index in [1.165, 1.54) is 0 Å². The summed E-state index contributed by atoms with van der Waals surface area (Å²) in [5.41, 5.74) is 1.45. The Morgan fingerprint density at radius 3 is 2.29 bits per heavy atom. The van der Waals surface area contributed by atoms with Crippen LogP contribution in [0.25, 0.3) is 0 Å². The first-order valence-electron chi connectivity index (χ1n) is 8.73. The molecule has 0 aliphatic heterocycles. The van der Waals surface area contributed by atoms with E-state index >= 15 is 0 Å². The fourth-order valence-electron chi connectivity index (χ4n) is 2.31. The van der Waals surface area contributed by atoms with Crippen LogP contribution in [0.4, 0.5) is 5.69 Å². The minimum absolute atomic E-state index is 0.00987. The maximum Gasteiger partial charge on any atom is 0.306 e. The molecule has 0 spiro atoms. The number of hydrogen-bond donors (Lipinski definition) is 1. The van der Waals surface area contributed by atoms with Crippen LogP contribution < -0.4 is 10.1 Å². The van der Waals surface area contributed by atoms with Gasteiger partial charge in [-0.05, 0) is 55.5 Å². The first-order chi connectivity index (χ1) is 13.5. The van der Waals surface area contributed by atoms with Gasteiger partial charge in [0.2, 0.25) is 0 Å². The Labute approximate surface area is 162 Å². The molecule has 1 N–H and O–H groups in total. The number of anilines is 1. The summed E-state index contributed by atoms with van der Waals surface area (Å²) in [6, 6.07) is 14.9. The molecule has 2 rings (SSSR count). The van der Waals surface area contributed by atoms with Gasteiger partial charge < -0.3 is 14.8 Å². The number of benzene rings is 2. The number of amides is 1. The van der Waals surface area contributed by atoms with E-state index in [1.54, 1.807) is 48.5 Å². The normalized spacial score (nSPS) is 9.86. The average molecular weight is 380 g/mol. The van der Waals surface area contributed by atoms with E-state index in [2.05, 4.69) is 5.32 Å². The molecule has 0 fully saturated rings. The molecular formula is C21H20N2O5. The molecule has 0 heterocycles. The third-order valence-electron chi connectivity index (χ3n) is 3.71. The molecule has 2 aromatic rings. The van der Waals surface area contributed by atoms with Crippen molar-refractivity contribution in [3.8, 4) is 11.8 Å². The molecule has 1 amide bonds. The lowest BCUT2D eigenvalue weighted by Crippen LogP contribution is -2.21. The first-order valence-corrected chi connectivity index (χ1v) is 8.73. The second-order valence-electron chi connectivity index (χ2n) is 5.78. The highest BCUT2D eigenvalue weighted by atomic mass is 16.5. The third-order valence-corrected chi connectivity index (χ3v) is 3.71. The number of nitrogens with zero attached hydrogens (tertiary/aromatic N) is 1. The maximum atomic E-state index is 12.1. The Balaban J connectivity index is 1.71. The van der Waals surface area contributed by atoms with Gasteiger partial charge in [0.05, 0.1) is 24.7 Å². The Hall–Kier alpha value is -3.66. The summed E-state index contributed by atoms with van der Waals surface area (Å²) in [6.07, 6.45) is -0.125. The smallest absolute Gasteiger partial charge is 0.306 e. The molecule has 0 atom stereocenters. The molecular weight excluding hydrogens is 360 g/mol. The molecule has 28 heavy (non-hydrogen) atoms. The van der Waals surface area contributed by atoms with E-state index in [0.29, 0.717) is 29.2 Å². The van der Waals surface area contributed by atoms with Crippen molar-refractivity contribution in [1.29, 1.82) is 5.26 Å². The van der Waals surface area contributed by atoms with Gasteiger partial charge in [-0.2, -0.15) is 5.26 Å². The van der Waals surface area contributed by atoms with Crippen LogP contribution in [0, 0.1) is 11.3 Å². The molecule has 2 aromatic carbocycles. The molecule has 0 radical (unpaired) electrons. The van der Waals surface area contributed by atoms with Crippen LogP contribution in [0.1, 0.15) is 35.7 Å². The van der Waals surface area contributed by atoms with Gasteiger partial charge in [0.1, 0.15) is 5.75 Å². The van der Waals surface area contributed by atoms with Crippen LogP contribution in [0.2, 0.25) is 0 Å². The van der Waals surface area contributed by atoms with Crippen molar-refractivity contribution in [2.45, 2.75) is 19.8 Å². The van der Waals surface area contributed by atoms with Crippen LogP contribution in [-0.4, -0.2) is 30.9 Å². The largest absolute Gasteiger partial charge is 0.494 e. The second kappa shape index (κ2) is 10.5. The van der Waals surface area contributed by atoms with Crippen molar-refractivity contribution < 1.29 is 23.9 Å². The number of ketones is 1. The average Bonchev–Trinajstić information content (AvgIpc) is 2.72. The number of rotatable bonds is 9. The van der Waals surface area contributed by atoms with Gasteiger partial charge in [0.25, 0.3) is 5.91 Å². The van der Waals surface area contributed by atoms with Crippen molar-refractivity contribution >= 4 is 23.3 Å². The summed E-state index contributed by atoms with van der Waals surface area (Å²) in [5.74, 6) is -0.654. The topological polar surface area (TPSA) is 105 Å². The lowest BCUT2D eigenvalue weighted by atomic mass is 10.1. The fraction of sp³-hybridized carbons (Fsp3) is 0.238. The highest BCUT2D eigenvalue weighted by molar-refractivity contribution is 5.98. The van der Waals surface area contributed by atoms with Crippen molar-refractivity contribution in [3.05, 3.63) is 59.7 Å². The van der Waals surface area contributed by atoms with Crippen molar-refractivity contribution in [2.75, 3.05) is 18.5 Å². The van der Waals surface area contributed by atoms with Gasteiger partial charge in [-0.25, -0.2) is 0 Å². The standard InChI is InChI=1S/C21H20N2O5/c1-2-27-18-9-5-16(6-10-18)19(24)11-12-21(26)28-14-20(25)23-17-7-3-15(13-22)4-8-17/h3-10H,2,11-12,14H2,1H3,(H,23,25). The SMILES string of the molecule is CCOc1ccc(C(=O)CCC(=O)OCC(=O)Nc2ccc(C#N)cc2)cc1. The fourth-order valence-corrected chi connectivity index (χ4v) is 2.31. The zero-order valence-corrected chi connectivity index (χ0v) is 15.4. The monoisotopic (exact) mass is 380 g/mol. The van der Waals surface area contributed by atoms with E-state index in [-0.39, 0.29) is 18.6 Å². The van der Waals surface area contributed by atoms with E-state index in [4.69, 9.17) is 14.7 Å². The number of Topliss-reactive ketones (excluding diaryl/α,β-unsaturated/α-hetero) is 1. The highest BCUT2D eigenvalue weighted by Crippen LogP contribution is 2.14. The van der Waals surface area contributed by atoms with Crippen LogP contribution in [0.3, 0.4) is 0 Å². The minimum atomic E-state index is -0.630. The lowest BCUT2D eigenvalue weighted by Gasteiger charge is -2.07. The van der Waals surface area contributed by atoms with Gasteiger partial charge in [0.15, 0.2) is 12.4 Å². The van der Waals surface area contributed by atoms with Gasteiger partial charge in [0, 0.05) is 17.7 Å². The summed E-state index contributed by atoms with van der Waals surface area (Å²) >= 11 is 0. The lowest BCUT2D eigenvalue weighted by molar-refractivity contribution is -0.147. The van der Waals surface area contributed by atoms with E-state index in [0.717, 1.165) is 0 Å². The van der Waals surface area contributed by atoms with Crippen molar-refractivity contribution in [3.63, 3.8) is 0 Å². The molecule has 0 aliphatic carbocycles. The van der Waals surface area contributed by atoms with Crippen LogP contribution in [0.15, 0.2) is 48.5 Å². The number of carbonyl (C=O) groups excluding carboxylic acids is 3. The minimum Gasteiger partial charge on any atom is -0.494 e. The molecule has 144 valence electrons. The van der Waals surface area contributed by atoms with Crippen molar-refractivity contribution in [1.82, 2.24) is 0 Å². The molecule has 7 heteroatoms. The highest BCUT2D eigenvalue weighted by Gasteiger charge is 2.12. The Morgan fingerprint density at radius 1 is 1.00 bits per heavy atom. The van der Waals surface area contributed by atoms with E-state index in [1.807, 2.05) is 13.0 Å². The molecule has 0 aliphatic rings. The number of ether oxygens (including phenoxy) is 2. The summed E-state index contributed by atoms with van der Waals surface area (Å²) in [4.78, 5) is 35.6. The summed E-state index contributed by atoms with van der Waals surface area (Å²) in [5, 5.41) is 11.3. The summed E-state index contributed by atoms with van der Waals surface area (Å²) in [7, 11) is 0. The number of nitriles is 1. The number of hydrogen-bond acceptors (Lipinski definition) is 6. The first kappa shape index (κ1) is 20.6. The zero-order valence-electron chi connectivity index (χ0n) is 15.4. The number of esters is 1. The van der Waals surface area contributed by atoms with Crippen molar-refractivity contribution in [2.24, 2.45) is 0 Å². The Morgan fingerprint density at radius 2 is 1.68 bits per heavy atom. The van der Waals surface area contributed by atoms with Gasteiger partial charge in [-0.15, -0.1) is 0 Å². The number of nitrogens with one attached hydrogen (secondary N) is 1. The van der Waals surface area contributed by atoms with Crippen LogP contribution >= 0.6 is 0 Å². The van der Waals surface area contributed by atoms with E-state index in [9.17, 15) is 14.4 Å². The Bertz CT molecular complexity index is 867. The molecule has 0 aromatic heterocycles. The van der Waals surface area contributed by atoms with E-state index < -0.39 is 18.5 Å². The predicted octanol–water partition coefficient (Wildman–Crippen LogP) is 3.10. The summed E-state index contributed by atoms with van der Waals surface area (Å²) in [6.45, 7) is 1.96. The van der Waals surface area contributed by atoms with Crippen LogP contribution in [-0.2, 0) is 14.3 Å². The van der Waals surface area contributed by atoms with Gasteiger partial charge in [-0.1, -0.05) is 0 Å². The predicted molar refractivity (Wildman–Crippen MR) is 102 cm³/mol. The zero-order chi connectivity index (χ0) is 20.4. The molecule has 0 saturated heterocycles. The molecule has 0 bridgehead atoms. The second-order valence-corrected chi connectivity index (χ2v) is 5.78. The Kier molecular flexibility index (Phi) is 7.73. The van der Waals surface area contributed by atoms with Gasteiger partial charge >= 0.3 is 5.97 Å². The third kappa shape index (κ3) is 6.57. The van der Waals surface area contributed by atoms with Gasteiger partial charge in [-0.3, -0.25) is 14.4 Å². The summed E-state index contributed by atoms with van der Waals surface area (Å²) < 4.78 is 10.2. The number of carbonyl (C=O) groups is 3. The maximum absolute atomic E-state index is 12.1. The molecule has 0 unspecified atom stereocenters. The molecule has 0 saturated carbocycles. The quantitative estimate of drug-likeness (QED) is 0.529. The van der Waals surface area contributed by atoms with Crippen LogP contribution in [0.5, 0.6) is 5.75 Å².